The molecule has 0 saturated heterocycles. The lowest BCUT2D eigenvalue weighted by Gasteiger charge is -2.02. The maximum Gasteiger partial charge on any atom is 0.371 e. The Labute approximate surface area is 106 Å². The van der Waals surface area contributed by atoms with Gasteiger partial charge >= 0.3 is 12.0 Å². The third kappa shape index (κ3) is 3.28. The number of hydrogen-bond donors (Lipinski definition) is 3. The van der Waals surface area contributed by atoms with Crippen LogP contribution in [0.4, 0.5) is 10.7 Å². The average Bonchev–Trinajstić information content (AvgIpc) is 2.96. The molecule has 3 N–H and O–H groups in total. The van der Waals surface area contributed by atoms with Crippen molar-refractivity contribution < 1.29 is 19.1 Å². The van der Waals surface area contributed by atoms with Crippen LogP contribution >= 0.6 is 0 Å². The molecule has 2 heterocycles. The molecule has 10 nitrogen and oxygen atoms in total. The molecule has 0 aliphatic heterocycles. The molecule has 2 aromatic heterocycles. The molecule has 2 rings (SSSR count). The zero-order chi connectivity index (χ0) is 13.8. The summed E-state index contributed by atoms with van der Waals surface area (Å²) >= 11 is 0. The Morgan fingerprint density at radius 2 is 2.26 bits per heavy atom. The van der Waals surface area contributed by atoms with Crippen LogP contribution in [-0.4, -0.2) is 37.3 Å². The first kappa shape index (κ1) is 12.5. The van der Waals surface area contributed by atoms with E-state index in [4.69, 9.17) is 9.52 Å². The number of carbonyl (C=O) groups is 2. The number of hydrogen-bond acceptors (Lipinski definition) is 6. The topological polar surface area (TPSA) is 135 Å². The van der Waals surface area contributed by atoms with Crippen molar-refractivity contribution in [2.75, 3.05) is 5.32 Å². The van der Waals surface area contributed by atoms with Crippen molar-refractivity contribution in [3.05, 3.63) is 23.7 Å². The van der Waals surface area contributed by atoms with Crippen LogP contribution in [0.3, 0.4) is 0 Å². The molecular weight excluding hydrogens is 256 g/mol. The Bertz CT molecular complexity index is 603. The summed E-state index contributed by atoms with van der Waals surface area (Å²) in [5.74, 6) is -0.974. The number of anilines is 1. The zero-order valence-corrected chi connectivity index (χ0v) is 9.82. The van der Waals surface area contributed by atoms with Crippen LogP contribution in [-0.2, 0) is 13.6 Å². The zero-order valence-electron chi connectivity index (χ0n) is 9.82. The van der Waals surface area contributed by atoms with Crippen molar-refractivity contribution in [3.63, 3.8) is 0 Å². The number of amides is 2. The fourth-order valence-corrected chi connectivity index (χ4v) is 1.24. The van der Waals surface area contributed by atoms with E-state index in [0.29, 0.717) is 5.76 Å². The highest BCUT2D eigenvalue weighted by Gasteiger charge is 2.10. The molecule has 0 aromatic carbocycles. The number of aromatic carboxylic acids is 1. The van der Waals surface area contributed by atoms with Gasteiger partial charge in [-0.2, -0.15) is 4.80 Å². The fraction of sp³-hybridized carbons (Fsp3) is 0.222. The van der Waals surface area contributed by atoms with E-state index >= 15 is 0 Å². The van der Waals surface area contributed by atoms with Crippen LogP contribution in [0.2, 0.25) is 0 Å². The van der Waals surface area contributed by atoms with Crippen LogP contribution in [0, 0.1) is 0 Å². The second kappa shape index (κ2) is 5.16. The maximum atomic E-state index is 11.4. The summed E-state index contributed by atoms with van der Waals surface area (Å²) in [6.45, 7) is 0.0410. The Morgan fingerprint density at radius 3 is 2.84 bits per heavy atom. The second-order valence-corrected chi connectivity index (χ2v) is 3.48. The summed E-state index contributed by atoms with van der Waals surface area (Å²) in [7, 11) is 1.56. The molecule has 2 amide bonds. The van der Waals surface area contributed by atoms with Crippen molar-refractivity contribution in [1.29, 1.82) is 0 Å². The molecule has 0 unspecified atom stereocenters. The van der Waals surface area contributed by atoms with E-state index in [9.17, 15) is 9.59 Å². The number of carbonyl (C=O) groups excluding carboxylic acids is 1. The minimum atomic E-state index is -1.17. The van der Waals surface area contributed by atoms with Gasteiger partial charge in [0.15, 0.2) is 0 Å². The first-order valence-corrected chi connectivity index (χ1v) is 5.15. The van der Waals surface area contributed by atoms with Gasteiger partial charge in [-0.05, 0) is 17.3 Å². The van der Waals surface area contributed by atoms with E-state index < -0.39 is 12.0 Å². The smallest absolute Gasteiger partial charge is 0.371 e. The fourth-order valence-electron chi connectivity index (χ4n) is 1.24. The summed E-state index contributed by atoms with van der Waals surface area (Å²) in [4.78, 5) is 23.2. The molecule has 0 spiro atoms. The van der Waals surface area contributed by atoms with Crippen LogP contribution < -0.4 is 10.6 Å². The molecule has 100 valence electrons. The highest BCUT2D eigenvalue weighted by molar-refractivity contribution is 5.87. The minimum absolute atomic E-state index is 0.0410. The largest absolute Gasteiger partial charge is 0.475 e. The summed E-state index contributed by atoms with van der Waals surface area (Å²) in [5.41, 5.74) is 0. The molecular formula is C9H10N6O4. The Hall–Kier alpha value is -2.91. The third-order valence-corrected chi connectivity index (χ3v) is 2.03. The van der Waals surface area contributed by atoms with Gasteiger partial charge in [0.2, 0.25) is 5.76 Å². The summed E-state index contributed by atoms with van der Waals surface area (Å²) < 4.78 is 4.96. The van der Waals surface area contributed by atoms with Gasteiger partial charge in [0, 0.05) is 0 Å². The van der Waals surface area contributed by atoms with Crippen molar-refractivity contribution in [3.8, 4) is 0 Å². The van der Waals surface area contributed by atoms with Crippen LogP contribution in [0.5, 0.6) is 0 Å². The molecule has 0 saturated carbocycles. The van der Waals surface area contributed by atoms with Gasteiger partial charge in [-0.3, -0.25) is 5.32 Å². The monoisotopic (exact) mass is 266 g/mol. The number of rotatable bonds is 4. The quantitative estimate of drug-likeness (QED) is 0.698. The molecule has 10 heteroatoms. The standard InChI is InChI=1S/C9H10N6O4/c1-15-13-8(12-14-15)11-9(18)10-4-5-2-3-6(19-5)7(16)17/h2-3H,4H2,1H3,(H,16,17)(H2,10,11,13,18). The highest BCUT2D eigenvalue weighted by atomic mass is 16.4. The van der Waals surface area contributed by atoms with E-state index in [2.05, 4.69) is 26.0 Å². The van der Waals surface area contributed by atoms with Gasteiger partial charge in [-0.1, -0.05) is 5.10 Å². The molecule has 2 aromatic rings. The van der Waals surface area contributed by atoms with Gasteiger partial charge in [0.05, 0.1) is 13.6 Å². The first-order valence-electron chi connectivity index (χ1n) is 5.15. The maximum absolute atomic E-state index is 11.4. The lowest BCUT2D eigenvalue weighted by molar-refractivity contribution is 0.0660. The van der Waals surface area contributed by atoms with Gasteiger partial charge in [0.1, 0.15) is 5.76 Å². The Balaban J connectivity index is 1.84. The Morgan fingerprint density at radius 1 is 1.47 bits per heavy atom. The van der Waals surface area contributed by atoms with E-state index in [1.54, 1.807) is 7.05 Å². The van der Waals surface area contributed by atoms with Gasteiger partial charge in [0.25, 0.3) is 5.95 Å². The number of aromatic nitrogens is 4. The number of carboxylic acids is 1. The number of carboxylic acid groups (broad SMARTS) is 1. The van der Waals surface area contributed by atoms with Crippen LogP contribution in [0.15, 0.2) is 16.5 Å². The summed E-state index contributed by atoms with van der Waals surface area (Å²) in [6.07, 6.45) is 0. The summed E-state index contributed by atoms with van der Waals surface area (Å²) in [6, 6.07) is 2.22. The van der Waals surface area contributed by atoms with Gasteiger partial charge in [-0.15, -0.1) is 5.10 Å². The molecule has 0 bridgehead atoms. The number of aryl methyl sites for hydroxylation is 1. The lowest BCUT2D eigenvalue weighted by Crippen LogP contribution is -2.28. The van der Waals surface area contributed by atoms with Crippen molar-refractivity contribution in [2.45, 2.75) is 6.54 Å². The first-order chi connectivity index (χ1) is 9.04. The van der Waals surface area contributed by atoms with Crippen LogP contribution in [0.25, 0.3) is 0 Å². The number of nitrogens with one attached hydrogen (secondary N) is 2. The molecule has 0 radical (unpaired) electrons. The van der Waals surface area contributed by atoms with Crippen molar-refractivity contribution >= 4 is 17.9 Å². The number of furan rings is 1. The number of urea groups is 1. The third-order valence-electron chi connectivity index (χ3n) is 2.03. The van der Waals surface area contributed by atoms with Gasteiger partial charge in [-0.25, -0.2) is 9.59 Å². The van der Waals surface area contributed by atoms with E-state index in [1.165, 1.54) is 16.9 Å². The Kier molecular flexibility index (Phi) is 3.41. The number of tetrazole rings is 1. The lowest BCUT2D eigenvalue weighted by atomic mass is 10.4. The molecule has 0 fully saturated rings. The second-order valence-electron chi connectivity index (χ2n) is 3.48. The van der Waals surface area contributed by atoms with Crippen molar-refractivity contribution in [2.24, 2.45) is 7.05 Å². The summed E-state index contributed by atoms with van der Waals surface area (Å²) in [5, 5.41) is 24.3. The predicted molar refractivity (Wildman–Crippen MR) is 60.3 cm³/mol. The van der Waals surface area contributed by atoms with Crippen LogP contribution in [0.1, 0.15) is 16.3 Å². The highest BCUT2D eigenvalue weighted by Crippen LogP contribution is 2.07. The molecule has 0 aliphatic carbocycles. The molecule has 0 aliphatic rings. The normalized spacial score (nSPS) is 10.2. The van der Waals surface area contributed by atoms with E-state index in [0.717, 1.165) is 0 Å². The molecule has 19 heavy (non-hydrogen) atoms. The van der Waals surface area contributed by atoms with E-state index in [-0.39, 0.29) is 18.3 Å². The van der Waals surface area contributed by atoms with E-state index in [1.807, 2.05) is 0 Å². The average molecular weight is 266 g/mol. The van der Waals surface area contributed by atoms with Gasteiger partial charge < -0.3 is 14.8 Å². The number of nitrogens with zero attached hydrogens (tertiary/aromatic N) is 4. The predicted octanol–water partition coefficient (Wildman–Crippen LogP) is -0.177. The molecule has 0 atom stereocenters. The SMILES string of the molecule is Cn1nnc(NC(=O)NCc2ccc(C(=O)O)o2)n1. The minimum Gasteiger partial charge on any atom is -0.475 e. The van der Waals surface area contributed by atoms with Crippen molar-refractivity contribution in [1.82, 2.24) is 25.5 Å².